The van der Waals surface area contributed by atoms with E-state index in [9.17, 15) is 9.59 Å². The number of anilines is 1. The van der Waals surface area contributed by atoms with E-state index in [-0.39, 0.29) is 30.4 Å². The third-order valence-electron chi connectivity index (χ3n) is 6.14. The number of aryl methyl sites for hydroxylation is 1. The summed E-state index contributed by atoms with van der Waals surface area (Å²) >= 11 is 0. The van der Waals surface area contributed by atoms with E-state index in [1.165, 1.54) is 0 Å². The van der Waals surface area contributed by atoms with Crippen molar-refractivity contribution in [2.75, 3.05) is 25.0 Å². The van der Waals surface area contributed by atoms with E-state index < -0.39 is 0 Å². The van der Waals surface area contributed by atoms with Crippen molar-refractivity contribution in [2.45, 2.75) is 65.9 Å². The van der Waals surface area contributed by atoms with Gasteiger partial charge in [0.2, 0.25) is 11.8 Å². The van der Waals surface area contributed by atoms with Gasteiger partial charge in [-0.2, -0.15) is 5.10 Å². The highest BCUT2D eigenvalue weighted by Crippen LogP contribution is 2.27. The molecule has 3 rings (SSSR count). The predicted molar refractivity (Wildman–Crippen MR) is 148 cm³/mol. The molecule has 2 aromatic carbocycles. The van der Waals surface area contributed by atoms with Crippen LogP contribution >= 0.6 is 0 Å². The lowest BCUT2D eigenvalue weighted by molar-refractivity contribution is -0.139. The molecule has 0 fully saturated rings. The maximum atomic E-state index is 13.2. The Hall–Kier alpha value is -3.45. The standard InChI is InChI=1S/C30H40N4O3/c1-6-7-13-18-33(29(36)22-37-21-24-15-9-8-10-16-24)20-28(35)31-27-19-26(30(3,4)5)32-34(27)25-17-12-11-14-23(25)2/h8-12,14-17,19H,6-7,13,18,20-22H2,1-5H3,(H,31,35). The number of carbonyl (C=O) groups is 2. The average Bonchev–Trinajstić information content (AvgIpc) is 3.28. The SMILES string of the molecule is CCCCCN(CC(=O)Nc1cc(C(C)(C)C)nn1-c1ccccc1C)C(=O)COCc1ccccc1. The topological polar surface area (TPSA) is 76.5 Å². The number of para-hydroxylation sites is 1. The number of benzene rings is 2. The van der Waals surface area contributed by atoms with Crippen LogP contribution in [0.5, 0.6) is 0 Å². The Kier molecular flexibility index (Phi) is 10.0. The highest BCUT2D eigenvalue weighted by molar-refractivity contribution is 5.94. The molecule has 0 aliphatic rings. The zero-order chi connectivity index (χ0) is 26.8. The smallest absolute Gasteiger partial charge is 0.249 e. The molecule has 0 unspecified atom stereocenters. The highest BCUT2D eigenvalue weighted by atomic mass is 16.5. The summed E-state index contributed by atoms with van der Waals surface area (Å²) in [4.78, 5) is 27.8. The monoisotopic (exact) mass is 504 g/mol. The molecule has 0 saturated heterocycles. The van der Waals surface area contributed by atoms with E-state index in [1.54, 1.807) is 9.58 Å². The summed E-state index contributed by atoms with van der Waals surface area (Å²) in [7, 11) is 0. The Morgan fingerprint density at radius 1 is 1.03 bits per heavy atom. The number of hydrogen-bond donors (Lipinski definition) is 1. The first kappa shape index (κ1) is 28.1. The molecule has 0 saturated carbocycles. The van der Waals surface area contributed by atoms with E-state index in [2.05, 4.69) is 33.0 Å². The lowest BCUT2D eigenvalue weighted by atomic mass is 9.92. The molecule has 7 nitrogen and oxygen atoms in total. The summed E-state index contributed by atoms with van der Waals surface area (Å²) in [6.45, 7) is 11.2. The van der Waals surface area contributed by atoms with Crippen LogP contribution in [0.2, 0.25) is 0 Å². The molecule has 0 aliphatic heterocycles. The maximum Gasteiger partial charge on any atom is 0.249 e. The van der Waals surface area contributed by atoms with Crippen molar-refractivity contribution in [1.29, 1.82) is 0 Å². The van der Waals surface area contributed by atoms with Crippen molar-refractivity contribution in [1.82, 2.24) is 14.7 Å². The van der Waals surface area contributed by atoms with Gasteiger partial charge in [0.1, 0.15) is 12.4 Å². The lowest BCUT2D eigenvalue weighted by Gasteiger charge is -2.22. The maximum absolute atomic E-state index is 13.2. The Morgan fingerprint density at radius 2 is 1.73 bits per heavy atom. The second kappa shape index (κ2) is 13.2. The number of rotatable bonds is 12. The largest absolute Gasteiger partial charge is 0.367 e. The van der Waals surface area contributed by atoms with E-state index >= 15 is 0 Å². The second-order valence-electron chi connectivity index (χ2n) is 10.4. The molecular weight excluding hydrogens is 464 g/mol. The zero-order valence-electron chi connectivity index (χ0n) is 22.8. The Labute approximate surface area is 220 Å². The van der Waals surface area contributed by atoms with Gasteiger partial charge >= 0.3 is 0 Å². The molecule has 3 aromatic rings. The molecule has 0 bridgehead atoms. The van der Waals surface area contributed by atoms with Crippen LogP contribution < -0.4 is 5.32 Å². The molecule has 0 atom stereocenters. The zero-order valence-corrected chi connectivity index (χ0v) is 22.8. The summed E-state index contributed by atoms with van der Waals surface area (Å²) in [5, 5.41) is 7.82. The van der Waals surface area contributed by atoms with Crippen LogP contribution in [0.1, 0.15) is 63.8 Å². The van der Waals surface area contributed by atoms with Gasteiger partial charge in [0, 0.05) is 18.0 Å². The molecule has 1 N–H and O–H groups in total. The van der Waals surface area contributed by atoms with Gasteiger partial charge in [-0.3, -0.25) is 9.59 Å². The van der Waals surface area contributed by atoms with Crippen LogP contribution in [0.3, 0.4) is 0 Å². The summed E-state index contributed by atoms with van der Waals surface area (Å²) in [6, 6.07) is 19.6. The van der Waals surface area contributed by atoms with Crippen molar-refractivity contribution in [3.63, 3.8) is 0 Å². The van der Waals surface area contributed by atoms with Crippen molar-refractivity contribution >= 4 is 17.6 Å². The minimum Gasteiger partial charge on any atom is -0.367 e. The van der Waals surface area contributed by atoms with Gasteiger partial charge in [-0.25, -0.2) is 4.68 Å². The number of nitrogens with one attached hydrogen (secondary N) is 1. The quantitative estimate of drug-likeness (QED) is 0.323. The Bertz CT molecular complexity index is 1170. The van der Waals surface area contributed by atoms with Crippen LogP contribution in [-0.4, -0.2) is 46.2 Å². The third kappa shape index (κ3) is 8.29. The number of ether oxygens (including phenoxy) is 1. The Balaban J connectivity index is 1.72. The number of hydrogen-bond acceptors (Lipinski definition) is 4. The van der Waals surface area contributed by atoms with Crippen molar-refractivity contribution in [3.8, 4) is 5.69 Å². The molecule has 37 heavy (non-hydrogen) atoms. The lowest BCUT2D eigenvalue weighted by Crippen LogP contribution is -2.40. The molecule has 0 aliphatic carbocycles. The van der Waals surface area contributed by atoms with Gasteiger partial charge in [-0.1, -0.05) is 89.1 Å². The Morgan fingerprint density at radius 3 is 2.41 bits per heavy atom. The summed E-state index contributed by atoms with van der Waals surface area (Å²) in [5.41, 5.74) is 3.64. The third-order valence-corrected chi connectivity index (χ3v) is 6.14. The summed E-state index contributed by atoms with van der Waals surface area (Å²) in [6.07, 6.45) is 2.86. The fourth-order valence-electron chi connectivity index (χ4n) is 3.94. The average molecular weight is 505 g/mol. The molecular formula is C30H40N4O3. The van der Waals surface area contributed by atoms with Crippen LogP contribution in [0.4, 0.5) is 5.82 Å². The molecule has 1 heterocycles. The van der Waals surface area contributed by atoms with Gasteiger partial charge in [-0.15, -0.1) is 0 Å². The fourth-order valence-corrected chi connectivity index (χ4v) is 3.94. The molecule has 0 radical (unpaired) electrons. The number of aromatic nitrogens is 2. The van der Waals surface area contributed by atoms with Gasteiger partial charge in [0.05, 0.1) is 24.5 Å². The fraction of sp³-hybridized carbons (Fsp3) is 0.433. The van der Waals surface area contributed by atoms with Gasteiger partial charge < -0.3 is 15.0 Å². The van der Waals surface area contributed by atoms with Crippen LogP contribution in [0, 0.1) is 6.92 Å². The van der Waals surface area contributed by atoms with Crippen LogP contribution in [0.25, 0.3) is 5.69 Å². The van der Waals surface area contributed by atoms with Crippen LogP contribution in [-0.2, 0) is 26.3 Å². The second-order valence-corrected chi connectivity index (χ2v) is 10.4. The first-order valence-electron chi connectivity index (χ1n) is 13.0. The van der Waals surface area contributed by atoms with Crippen molar-refractivity contribution in [2.24, 2.45) is 0 Å². The van der Waals surface area contributed by atoms with E-state index in [1.807, 2.05) is 67.6 Å². The van der Waals surface area contributed by atoms with Gasteiger partial charge in [-0.05, 0) is 30.5 Å². The molecule has 198 valence electrons. The predicted octanol–water partition coefficient (Wildman–Crippen LogP) is 5.65. The van der Waals surface area contributed by atoms with Crippen molar-refractivity contribution < 1.29 is 14.3 Å². The number of nitrogens with zero attached hydrogens (tertiary/aromatic N) is 3. The normalized spacial score (nSPS) is 11.4. The summed E-state index contributed by atoms with van der Waals surface area (Å²) < 4.78 is 7.44. The van der Waals surface area contributed by atoms with E-state index in [0.29, 0.717) is 19.0 Å². The molecule has 2 amide bonds. The van der Waals surface area contributed by atoms with Crippen LogP contribution in [0.15, 0.2) is 60.7 Å². The van der Waals surface area contributed by atoms with Crippen molar-refractivity contribution in [3.05, 3.63) is 77.5 Å². The summed E-state index contributed by atoms with van der Waals surface area (Å²) in [5.74, 6) is 0.138. The van der Waals surface area contributed by atoms with Gasteiger partial charge in [0.25, 0.3) is 0 Å². The minimum absolute atomic E-state index is 0.0406. The molecule has 1 aromatic heterocycles. The van der Waals surface area contributed by atoms with E-state index in [4.69, 9.17) is 9.84 Å². The minimum atomic E-state index is -0.261. The highest BCUT2D eigenvalue weighted by Gasteiger charge is 2.23. The first-order valence-corrected chi connectivity index (χ1v) is 13.0. The van der Waals surface area contributed by atoms with Gasteiger partial charge in [0.15, 0.2) is 0 Å². The van der Waals surface area contributed by atoms with E-state index in [0.717, 1.165) is 41.8 Å². The number of carbonyl (C=O) groups excluding carboxylic acids is 2. The molecule has 7 heteroatoms. The number of unbranched alkanes of at least 4 members (excludes halogenated alkanes) is 2. The first-order chi connectivity index (χ1) is 17.7. The number of amides is 2. The molecule has 0 spiro atoms.